The highest BCUT2D eigenvalue weighted by atomic mass is 32.2. The highest BCUT2D eigenvalue weighted by molar-refractivity contribution is 7.98. The number of thioether (sulfide) groups is 1. The summed E-state index contributed by atoms with van der Waals surface area (Å²) >= 11 is 1.83. The van der Waals surface area contributed by atoms with Gasteiger partial charge in [-0.25, -0.2) is 0 Å². The molecule has 1 N–H and O–H groups in total. The number of benzene rings is 1. The summed E-state index contributed by atoms with van der Waals surface area (Å²) in [6.45, 7) is 3.39. The minimum Gasteiger partial charge on any atom is -0.313 e. The molecule has 5 heteroatoms. The van der Waals surface area contributed by atoms with Crippen molar-refractivity contribution in [2.75, 3.05) is 18.6 Å². The van der Waals surface area contributed by atoms with Crippen molar-refractivity contribution in [3.05, 3.63) is 39.4 Å². The normalized spacial score (nSPS) is 10.5. The average Bonchev–Trinajstić information content (AvgIpc) is 2.30. The Morgan fingerprint density at radius 2 is 2.24 bits per heavy atom. The van der Waals surface area contributed by atoms with Crippen molar-refractivity contribution >= 4 is 17.4 Å². The van der Waals surface area contributed by atoms with E-state index in [-0.39, 0.29) is 10.6 Å². The average molecular weight is 254 g/mol. The Hall–Kier alpha value is -1.07. The summed E-state index contributed by atoms with van der Waals surface area (Å²) in [5.41, 5.74) is 1.88. The zero-order valence-electron chi connectivity index (χ0n) is 10.2. The third-order valence-corrected chi connectivity index (χ3v) is 3.20. The summed E-state index contributed by atoms with van der Waals surface area (Å²) in [5.74, 6) is 1.14. The van der Waals surface area contributed by atoms with Crippen LogP contribution in [0.3, 0.4) is 0 Å². The lowest BCUT2D eigenvalue weighted by molar-refractivity contribution is -0.385. The number of aryl methyl sites for hydroxylation is 1. The molecule has 94 valence electrons. The molecule has 0 heterocycles. The molecule has 0 spiro atoms. The quantitative estimate of drug-likeness (QED) is 0.462. The number of nitro benzene ring substituents is 1. The van der Waals surface area contributed by atoms with Gasteiger partial charge in [0.1, 0.15) is 0 Å². The molecular weight excluding hydrogens is 236 g/mol. The van der Waals surface area contributed by atoms with E-state index in [2.05, 4.69) is 11.6 Å². The van der Waals surface area contributed by atoms with Crippen LogP contribution in [0.1, 0.15) is 17.5 Å². The van der Waals surface area contributed by atoms with Gasteiger partial charge in [-0.2, -0.15) is 11.8 Å². The van der Waals surface area contributed by atoms with Crippen LogP contribution >= 0.6 is 11.8 Å². The largest absolute Gasteiger partial charge is 0.313 e. The predicted octanol–water partition coefficient (Wildman–Crippen LogP) is 2.75. The number of hydrogen-bond acceptors (Lipinski definition) is 4. The first-order valence-corrected chi connectivity index (χ1v) is 6.98. The molecule has 1 aromatic carbocycles. The van der Waals surface area contributed by atoms with Gasteiger partial charge in [-0.05, 0) is 37.5 Å². The Morgan fingerprint density at radius 3 is 2.88 bits per heavy atom. The van der Waals surface area contributed by atoms with Gasteiger partial charge in [0.15, 0.2) is 0 Å². The van der Waals surface area contributed by atoms with E-state index >= 15 is 0 Å². The van der Waals surface area contributed by atoms with E-state index in [9.17, 15) is 10.1 Å². The maximum absolute atomic E-state index is 10.8. The Labute approximate surface area is 106 Å². The molecule has 1 rings (SSSR count). The van der Waals surface area contributed by atoms with Crippen LogP contribution < -0.4 is 5.32 Å². The maximum atomic E-state index is 10.8. The monoisotopic (exact) mass is 254 g/mol. The number of nitrogens with one attached hydrogen (secondary N) is 1. The SMILES string of the molecule is CSCCCNCc1ccc(C)c([N+](=O)[O-])c1. The molecule has 17 heavy (non-hydrogen) atoms. The van der Waals surface area contributed by atoms with Crippen molar-refractivity contribution in [2.45, 2.75) is 19.9 Å². The number of rotatable bonds is 7. The first kappa shape index (κ1) is 14.0. The minimum absolute atomic E-state index is 0.202. The number of hydrogen-bond donors (Lipinski definition) is 1. The van der Waals surface area contributed by atoms with E-state index in [1.807, 2.05) is 17.8 Å². The number of nitro groups is 1. The van der Waals surface area contributed by atoms with E-state index in [1.165, 1.54) is 0 Å². The zero-order chi connectivity index (χ0) is 12.7. The molecular formula is C12H18N2O2S. The van der Waals surface area contributed by atoms with Gasteiger partial charge < -0.3 is 5.32 Å². The molecule has 0 amide bonds. The highest BCUT2D eigenvalue weighted by Crippen LogP contribution is 2.18. The first-order valence-electron chi connectivity index (χ1n) is 5.58. The van der Waals surface area contributed by atoms with E-state index in [4.69, 9.17) is 0 Å². The fourth-order valence-corrected chi connectivity index (χ4v) is 1.97. The second-order valence-corrected chi connectivity index (χ2v) is 4.89. The summed E-state index contributed by atoms with van der Waals surface area (Å²) in [6, 6.07) is 5.39. The van der Waals surface area contributed by atoms with Crippen molar-refractivity contribution < 1.29 is 4.92 Å². The lowest BCUT2D eigenvalue weighted by Crippen LogP contribution is -2.15. The molecule has 0 aliphatic heterocycles. The predicted molar refractivity (Wildman–Crippen MR) is 72.5 cm³/mol. The van der Waals surface area contributed by atoms with Crippen molar-refractivity contribution in [1.82, 2.24) is 5.32 Å². The van der Waals surface area contributed by atoms with Crippen LogP contribution in [0.4, 0.5) is 5.69 Å². The summed E-state index contributed by atoms with van der Waals surface area (Å²) in [7, 11) is 0. The van der Waals surface area contributed by atoms with Gasteiger partial charge in [0, 0.05) is 18.2 Å². The summed E-state index contributed by atoms with van der Waals surface area (Å²) < 4.78 is 0. The van der Waals surface area contributed by atoms with Gasteiger partial charge in [0.25, 0.3) is 5.69 Å². The fourth-order valence-electron chi connectivity index (χ4n) is 1.54. The van der Waals surface area contributed by atoms with Crippen molar-refractivity contribution in [2.24, 2.45) is 0 Å². The molecule has 0 atom stereocenters. The van der Waals surface area contributed by atoms with Gasteiger partial charge in [-0.15, -0.1) is 0 Å². The van der Waals surface area contributed by atoms with Crippen LogP contribution in [0.15, 0.2) is 18.2 Å². The van der Waals surface area contributed by atoms with Gasteiger partial charge in [0.2, 0.25) is 0 Å². The van der Waals surface area contributed by atoms with Crippen LogP contribution in [0.2, 0.25) is 0 Å². The van der Waals surface area contributed by atoms with E-state index in [1.54, 1.807) is 19.1 Å². The molecule has 0 aromatic heterocycles. The molecule has 0 radical (unpaired) electrons. The van der Waals surface area contributed by atoms with Crippen molar-refractivity contribution in [3.8, 4) is 0 Å². The van der Waals surface area contributed by atoms with Gasteiger partial charge >= 0.3 is 0 Å². The topological polar surface area (TPSA) is 55.2 Å². The van der Waals surface area contributed by atoms with Crippen LogP contribution in [-0.2, 0) is 6.54 Å². The molecule has 0 aliphatic rings. The third-order valence-electron chi connectivity index (χ3n) is 2.50. The molecule has 0 saturated carbocycles. The Kier molecular flexibility index (Phi) is 6.00. The molecule has 1 aromatic rings. The van der Waals surface area contributed by atoms with Crippen molar-refractivity contribution in [3.63, 3.8) is 0 Å². The van der Waals surface area contributed by atoms with Gasteiger partial charge in [-0.1, -0.05) is 12.1 Å². The van der Waals surface area contributed by atoms with Crippen LogP contribution in [-0.4, -0.2) is 23.5 Å². The summed E-state index contributed by atoms with van der Waals surface area (Å²) in [4.78, 5) is 10.4. The van der Waals surface area contributed by atoms with E-state index in [0.29, 0.717) is 12.1 Å². The molecule has 0 aliphatic carbocycles. The molecule has 0 bridgehead atoms. The zero-order valence-corrected chi connectivity index (χ0v) is 11.0. The smallest absolute Gasteiger partial charge is 0.272 e. The Morgan fingerprint density at radius 1 is 1.47 bits per heavy atom. The van der Waals surface area contributed by atoms with Crippen LogP contribution in [0.5, 0.6) is 0 Å². The van der Waals surface area contributed by atoms with Crippen LogP contribution in [0.25, 0.3) is 0 Å². The first-order chi connectivity index (χ1) is 8.15. The van der Waals surface area contributed by atoms with Crippen LogP contribution in [0, 0.1) is 17.0 Å². The lowest BCUT2D eigenvalue weighted by Gasteiger charge is -2.05. The Balaban J connectivity index is 2.49. The maximum Gasteiger partial charge on any atom is 0.272 e. The third kappa shape index (κ3) is 4.75. The Bertz CT molecular complexity index is 383. The van der Waals surface area contributed by atoms with E-state index in [0.717, 1.165) is 24.3 Å². The van der Waals surface area contributed by atoms with E-state index < -0.39 is 0 Å². The molecule has 0 fully saturated rings. The van der Waals surface area contributed by atoms with Gasteiger partial charge in [0.05, 0.1) is 4.92 Å². The standard InChI is InChI=1S/C12H18N2O2S/c1-10-4-5-11(8-12(10)14(15)16)9-13-6-3-7-17-2/h4-5,8,13H,3,6-7,9H2,1-2H3. The molecule has 4 nitrogen and oxygen atoms in total. The minimum atomic E-state index is -0.327. The molecule has 0 unspecified atom stereocenters. The highest BCUT2D eigenvalue weighted by Gasteiger charge is 2.10. The van der Waals surface area contributed by atoms with Gasteiger partial charge in [-0.3, -0.25) is 10.1 Å². The second kappa shape index (κ2) is 7.29. The number of nitrogens with zero attached hydrogens (tertiary/aromatic N) is 1. The lowest BCUT2D eigenvalue weighted by atomic mass is 10.1. The van der Waals surface area contributed by atoms with Crippen molar-refractivity contribution in [1.29, 1.82) is 0 Å². The summed E-state index contributed by atoms with van der Waals surface area (Å²) in [6.07, 6.45) is 3.21. The second-order valence-electron chi connectivity index (χ2n) is 3.90. The molecule has 0 saturated heterocycles. The fraction of sp³-hybridized carbons (Fsp3) is 0.500. The summed E-state index contributed by atoms with van der Waals surface area (Å²) in [5, 5.41) is 14.1.